The van der Waals surface area contributed by atoms with Gasteiger partial charge in [-0.05, 0) is 38.0 Å². The van der Waals surface area contributed by atoms with Gasteiger partial charge in [-0.15, -0.1) is 0 Å². The Morgan fingerprint density at radius 1 is 1.35 bits per heavy atom. The standard InChI is InChI=1S/C14H22N2O3S/c1-10-4-5-11(2)14(6-10)20(17,18)16-8-12(3)19-13(7-15)9-16/h4-6,12-13H,7-9,15H2,1-3H3. The second-order valence-corrected chi connectivity index (χ2v) is 7.30. The normalized spacial score (nSPS) is 24.8. The smallest absolute Gasteiger partial charge is 0.243 e. The zero-order chi connectivity index (χ0) is 14.9. The Hall–Kier alpha value is -0.950. The Kier molecular flexibility index (Phi) is 4.49. The summed E-state index contributed by atoms with van der Waals surface area (Å²) in [6.45, 7) is 6.58. The number of morpholine rings is 1. The molecule has 1 aromatic carbocycles. The number of hydrogen-bond donors (Lipinski definition) is 1. The topological polar surface area (TPSA) is 72.6 Å². The zero-order valence-electron chi connectivity index (χ0n) is 12.2. The van der Waals surface area contributed by atoms with Crippen molar-refractivity contribution in [1.29, 1.82) is 0 Å². The summed E-state index contributed by atoms with van der Waals surface area (Å²) < 4.78 is 32.7. The second-order valence-electron chi connectivity index (χ2n) is 5.40. The summed E-state index contributed by atoms with van der Waals surface area (Å²) in [4.78, 5) is 0.377. The van der Waals surface area contributed by atoms with Crippen LogP contribution in [0.2, 0.25) is 0 Å². The number of ether oxygens (including phenoxy) is 1. The fourth-order valence-electron chi connectivity index (χ4n) is 2.45. The molecule has 2 atom stereocenters. The molecule has 2 unspecified atom stereocenters. The number of hydrogen-bond acceptors (Lipinski definition) is 4. The van der Waals surface area contributed by atoms with Gasteiger partial charge in [-0.25, -0.2) is 8.42 Å². The van der Waals surface area contributed by atoms with Crippen LogP contribution in [0.1, 0.15) is 18.1 Å². The van der Waals surface area contributed by atoms with Gasteiger partial charge in [-0.2, -0.15) is 4.31 Å². The maximum atomic E-state index is 12.8. The van der Waals surface area contributed by atoms with Crippen LogP contribution in [0.3, 0.4) is 0 Å². The SMILES string of the molecule is Cc1ccc(C)c(S(=O)(=O)N2CC(C)OC(CN)C2)c1. The van der Waals surface area contributed by atoms with Crippen LogP contribution in [-0.2, 0) is 14.8 Å². The first-order valence-electron chi connectivity index (χ1n) is 6.77. The summed E-state index contributed by atoms with van der Waals surface area (Å²) in [5, 5.41) is 0. The Balaban J connectivity index is 2.36. The van der Waals surface area contributed by atoms with Crippen LogP contribution in [0.4, 0.5) is 0 Å². The third-order valence-corrected chi connectivity index (χ3v) is 5.49. The van der Waals surface area contributed by atoms with E-state index >= 15 is 0 Å². The number of nitrogens with zero attached hydrogens (tertiary/aromatic N) is 1. The summed E-state index contributed by atoms with van der Waals surface area (Å²) in [6, 6.07) is 5.48. The number of aryl methyl sites for hydroxylation is 2. The Labute approximate surface area is 120 Å². The first kappa shape index (κ1) is 15.4. The molecular weight excluding hydrogens is 276 g/mol. The van der Waals surface area contributed by atoms with Crippen molar-refractivity contribution in [2.75, 3.05) is 19.6 Å². The minimum atomic E-state index is -3.49. The van der Waals surface area contributed by atoms with Crippen molar-refractivity contribution in [3.05, 3.63) is 29.3 Å². The third kappa shape index (κ3) is 3.03. The maximum Gasteiger partial charge on any atom is 0.243 e. The molecule has 0 aromatic heterocycles. The molecule has 0 saturated carbocycles. The van der Waals surface area contributed by atoms with E-state index in [1.54, 1.807) is 6.07 Å². The lowest BCUT2D eigenvalue weighted by atomic mass is 10.2. The molecule has 0 aliphatic carbocycles. The molecule has 1 heterocycles. The third-order valence-electron chi connectivity index (χ3n) is 3.52. The molecule has 2 rings (SSSR count). The van der Waals surface area contributed by atoms with Crippen LogP contribution in [0.5, 0.6) is 0 Å². The highest BCUT2D eigenvalue weighted by Crippen LogP contribution is 2.24. The van der Waals surface area contributed by atoms with Crippen LogP contribution in [0.15, 0.2) is 23.1 Å². The largest absolute Gasteiger partial charge is 0.371 e. The monoisotopic (exact) mass is 298 g/mol. The van der Waals surface area contributed by atoms with E-state index in [-0.39, 0.29) is 12.2 Å². The van der Waals surface area contributed by atoms with Gasteiger partial charge in [-0.1, -0.05) is 12.1 Å². The molecule has 112 valence electrons. The van der Waals surface area contributed by atoms with Gasteiger partial charge in [0.15, 0.2) is 0 Å². The Morgan fingerprint density at radius 2 is 2.05 bits per heavy atom. The molecule has 0 amide bonds. The molecule has 1 aliphatic rings. The van der Waals surface area contributed by atoms with Gasteiger partial charge < -0.3 is 10.5 Å². The van der Waals surface area contributed by atoms with Crippen molar-refractivity contribution < 1.29 is 13.2 Å². The summed E-state index contributed by atoms with van der Waals surface area (Å²) in [5.74, 6) is 0. The van der Waals surface area contributed by atoms with Crippen LogP contribution < -0.4 is 5.73 Å². The molecule has 1 saturated heterocycles. The fourth-order valence-corrected chi connectivity index (χ4v) is 4.31. The molecule has 1 aromatic rings. The molecule has 0 radical (unpaired) electrons. The highest BCUT2D eigenvalue weighted by atomic mass is 32.2. The number of benzene rings is 1. The average Bonchev–Trinajstić information content (AvgIpc) is 2.40. The van der Waals surface area contributed by atoms with Crippen LogP contribution in [-0.4, -0.2) is 44.6 Å². The quantitative estimate of drug-likeness (QED) is 0.905. The van der Waals surface area contributed by atoms with Gasteiger partial charge in [0.25, 0.3) is 0 Å². The van der Waals surface area contributed by atoms with E-state index in [0.29, 0.717) is 24.5 Å². The van der Waals surface area contributed by atoms with E-state index in [1.807, 2.05) is 32.9 Å². The van der Waals surface area contributed by atoms with E-state index in [4.69, 9.17) is 10.5 Å². The van der Waals surface area contributed by atoms with Crippen LogP contribution in [0, 0.1) is 13.8 Å². The molecule has 1 aliphatic heterocycles. The molecule has 6 heteroatoms. The van der Waals surface area contributed by atoms with E-state index in [2.05, 4.69) is 0 Å². The van der Waals surface area contributed by atoms with Crippen molar-refractivity contribution >= 4 is 10.0 Å². The van der Waals surface area contributed by atoms with E-state index in [9.17, 15) is 8.42 Å². The van der Waals surface area contributed by atoms with Gasteiger partial charge >= 0.3 is 0 Å². The van der Waals surface area contributed by atoms with Gasteiger partial charge in [0, 0.05) is 19.6 Å². The van der Waals surface area contributed by atoms with E-state index in [0.717, 1.165) is 11.1 Å². The summed E-state index contributed by atoms with van der Waals surface area (Å²) >= 11 is 0. The van der Waals surface area contributed by atoms with Crippen molar-refractivity contribution in [3.63, 3.8) is 0 Å². The first-order chi connectivity index (χ1) is 9.34. The first-order valence-corrected chi connectivity index (χ1v) is 8.21. The molecular formula is C14H22N2O3S. The van der Waals surface area contributed by atoms with Gasteiger partial charge in [0.1, 0.15) is 0 Å². The highest BCUT2D eigenvalue weighted by molar-refractivity contribution is 7.89. The van der Waals surface area contributed by atoms with E-state index < -0.39 is 10.0 Å². The van der Waals surface area contributed by atoms with Crippen molar-refractivity contribution in [1.82, 2.24) is 4.31 Å². The molecule has 0 spiro atoms. The van der Waals surface area contributed by atoms with Crippen LogP contribution >= 0.6 is 0 Å². The highest BCUT2D eigenvalue weighted by Gasteiger charge is 2.34. The number of rotatable bonds is 3. The van der Waals surface area contributed by atoms with Crippen molar-refractivity contribution in [3.8, 4) is 0 Å². The zero-order valence-corrected chi connectivity index (χ0v) is 13.0. The van der Waals surface area contributed by atoms with Gasteiger partial charge in [-0.3, -0.25) is 0 Å². The Bertz CT molecular complexity index is 586. The predicted molar refractivity (Wildman–Crippen MR) is 78.1 cm³/mol. The van der Waals surface area contributed by atoms with Crippen molar-refractivity contribution in [2.24, 2.45) is 5.73 Å². The molecule has 2 N–H and O–H groups in total. The lowest BCUT2D eigenvalue weighted by molar-refractivity contribution is -0.0486. The fraction of sp³-hybridized carbons (Fsp3) is 0.571. The molecule has 20 heavy (non-hydrogen) atoms. The molecule has 5 nitrogen and oxygen atoms in total. The van der Waals surface area contributed by atoms with Crippen molar-refractivity contribution in [2.45, 2.75) is 37.9 Å². The summed E-state index contributed by atoms with van der Waals surface area (Å²) in [6.07, 6.45) is -0.379. The summed E-state index contributed by atoms with van der Waals surface area (Å²) in [5.41, 5.74) is 7.32. The lowest BCUT2D eigenvalue weighted by Gasteiger charge is -2.35. The maximum absolute atomic E-state index is 12.8. The summed E-state index contributed by atoms with van der Waals surface area (Å²) in [7, 11) is -3.49. The molecule has 1 fully saturated rings. The minimum absolute atomic E-state index is 0.141. The number of nitrogens with two attached hydrogens (primary N) is 1. The van der Waals surface area contributed by atoms with Gasteiger partial charge in [0.05, 0.1) is 17.1 Å². The van der Waals surface area contributed by atoms with Gasteiger partial charge in [0.2, 0.25) is 10.0 Å². The van der Waals surface area contributed by atoms with E-state index in [1.165, 1.54) is 4.31 Å². The average molecular weight is 298 g/mol. The predicted octanol–water partition coefficient (Wildman–Crippen LogP) is 1.04. The van der Waals surface area contributed by atoms with Crippen LogP contribution in [0.25, 0.3) is 0 Å². The minimum Gasteiger partial charge on any atom is -0.371 e. The Morgan fingerprint density at radius 3 is 2.70 bits per heavy atom. The second kappa shape index (κ2) is 5.81. The lowest BCUT2D eigenvalue weighted by Crippen LogP contribution is -2.51. The number of sulfonamides is 1. The molecule has 0 bridgehead atoms.